The minimum Gasteiger partial charge on any atom is -0.491 e. The zero-order valence-electron chi connectivity index (χ0n) is 15.6. The summed E-state index contributed by atoms with van der Waals surface area (Å²) in [5, 5.41) is 0.627. The van der Waals surface area contributed by atoms with E-state index in [0.717, 1.165) is 43.6 Å². The van der Waals surface area contributed by atoms with Gasteiger partial charge in [0.1, 0.15) is 5.82 Å². The van der Waals surface area contributed by atoms with E-state index in [1.807, 2.05) is 4.90 Å². The maximum atomic E-state index is 14.2. The zero-order valence-corrected chi connectivity index (χ0v) is 17.2. The Hall–Kier alpha value is -2.38. The predicted octanol–water partition coefficient (Wildman–Crippen LogP) is 5.12. The number of ether oxygens (including phenoxy) is 1. The van der Waals surface area contributed by atoms with Crippen LogP contribution in [0.25, 0.3) is 21.3 Å². The average molecular weight is 432 g/mol. The van der Waals surface area contributed by atoms with E-state index in [9.17, 15) is 9.18 Å². The third kappa shape index (κ3) is 3.04. The number of rotatable bonds is 1. The number of nitrogens with zero attached hydrogens (tertiary/aromatic N) is 2. The second-order valence-corrected chi connectivity index (χ2v) is 8.82. The van der Waals surface area contributed by atoms with E-state index in [0.29, 0.717) is 44.3 Å². The first-order chi connectivity index (χ1) is 14.0. The Kier molecular flexibility index (Phi) is 4.59. The van der Waals surface area contributed by atoms with Crippen LogP contribution in [0.4, 0.5) is 9.52 Å². The zero-order chi connectivity index (χ0) is 20.1. The molecule has 3 aromatic rings. The largest absolute Gasteiger partial charge is 0.491 e. The van der Waals surface area contributed by atoms with Gasteiger partial charge in [-0.15, -0.1) is 0 Å². The van der Waals surface area contributed by atoms with Gasteiger partial charge < -0.3 is 15.4 Å². The Balaban J connectivity index is 1.65. The SMILES string of the molecule is Nc1nc2c(-c3ccc4c(c3Cl)OCC[C@H]3CCCCN3C4=O)ccc(F)c2s1. The van der Waals surface area contributed by atoms with Gasteiger partial charge in [0.2, 0.25) is 0 Å². The highest BCUT2D eigenvalue weighted by Gasteiger charge is 2.32. The van der Waals surface area contributed by atoms with Gasteiger partial charge in [-0.3, -0.25) is 4.79 Å². The number of hydrogen-bond donors (Lipinski definition) is 1. The minimum atomic E-state index is -0.372. The number of aromatic nitrogens is 1. The topological polar surface area (TPSA) is 68.5 Å². The summed E-state index contributed by atoms with van der Waals surface area (Å²) in [6, 6.07) is 6.77. The molecular weight excluding hydrogens is 413 g/mol. The second-order valence-electron chi connectivity index (χ2n) is 7.41. The quantitative estimate of drug-likeness (QED) is 0.581. The number of nitrogens with two attached hydrogens (primary N) is 1. The highest BCUT2D eigenvalue weighted by atomic mass is 35.5. The van der Waals surface area contributed by atoms with Crippen molar-refractivity contribution in [2.75, 3.05) is 18.9 Å². The third-order valence-electron chi connectivity index (χ3n) is 5.72. The summed E-state index contributed by atoms with van der Waals surface area (Å²) in [5.74, 6) is -0.0261. The summed E-state index contributed by atoms with van der Waals surface area (Å²) in [4.78, 5) is 19.4. The molecule has 0 saturated carbocycles. The molecule has 0 radical (unpaired) electrons. The van der Waals surface area contributed by atoms with E-state index in [1.165, 1.54) is 6.07 Å². The van der Waals surface area contributed by atoms with E-state index in [-0.39, 0.29) is 22.9 Å². The van der Waals surface area contributed by atoms with Crippen LogP contribution in [0.15, 0.2) is 24.3 Å². The first kappa shape index (κ1) is 18.6. The molecule has 0 unspecified atom stereocenters. The van der Waals surface area contributed by atoms with Crippen LogP contribution >= 0.6 is 22.9 Å². The molecule has 150 valence electrons. The molecule has 8 heteroatoms. The first-order valence-electron chi connectivity index (χ1n) is 9.65. The molecular formula is C21H19ClFN3O2S. The predicted molar refractivity (Wildman–Crippen MR) is 113 cm³/mol. The standard InChI is InChI=1S/C21H19ClFN3O2S/c22-16-12(13-6-7-15(23)19-17(13)25-21(24)29-19)4-5-14-18(16)28-10-8-11-3-1-2-9-26(11)20(14)27/h4-7,11H,1-3,8-10H2,(H2,24,25)/t11-/m1/s1. The Bertz CT molecular complexity index is 1130. The number of anilines is 1. The number of fused-ring (bicyclic) bond motifs is 3. The van der Waals surface area contributed by atoms with Crippen molar-refractivity contribution in [1.29, 1.82) is 0 Å². The van der Waals surface area contributed by atoms with Crippen LogP contribution in [0.5, 0.6) is 5.75 Å². The summed E-state index contributed by atoms with van der Waals surface area (Å²) in [6.45, 7) is 1.26. The molecule has 1 atom stereocenters. The molecule has 2 aromatic carbocycles. The van der Waals surface area contributed by atoms with Crippen molar-refractivity contribution >= 4 is 44.2 Å². The van der Waals surface area contributed by atoms with E-state index in [1.54, 1.807) is 18.2 Å². The number of thiazole rings is 1. The van der Waals surface area contributed by atoms with Crippen LogP contribution in [-0.4, -0.2) is 35.0 Å². The third-order valence-corrected chi connectivity index (χ3v) is 6.98. The lowest BCUT2D eigenvalue weighted by Crippen LogP contribution is -2.45. The van der Waals surface area contributed by atoms with Gasteiger partial charge in [0, 0.05) is 30.1 Å². The lowest BCUT2D eigenvalue weighted by atomic mass is 9.96. The second kappa shape index (κ2) is 7.15. The summed E-state index contributed by atoms with van der Waals surface area (Å²) in [5.41, 5.74) is 8.05. The molecule has 1 saturated heterocycles. The number of hydrogen-bond acceptors (Lipinski definition) is 5. The molecule has 0 aliphatic carbocycles. The van der Waals surface area contributed by atoms with E-state index in [2.05, 4.69) is 4.98 Å². The van der Waals surface area contributed by atoms with Crippen LogP contribution < -0.4 is 10.5 Å². The molecule has 2 aliphatic heterocycles. The van der Waals surface area contributed by atoms with Crippen molar-refractivity contribution in [3.8, 4) is 16.9 Å². The van der Waals surface area contributed by atoms with Crippen LogP contribution in [0.3, 0.4) is 0 Å². The van der Waals surface area contributed by atoms with Crippen molar-refractivity contribution in [2.24, 2.45) is 0 Å². The molecule has 29 heavy (non-hydrogen) atoms. The Morgan fingerprint density at radius 1 is 1.17 bits per heavy atom. The van der Waals surface area contributed by atoms with E-state index < -0.39 is 0 Å². The van der Waals surface area contributed by atoms with Gasteiger partial charge in [-0.2, -0.15) is 0 Å². The van der Waals surface area contributed by atoms with E-state index in [4.69, 9.17) is 22.1 Å². The molecule has 5 rings (SSSR count). The van der Waals surface area contributed by atoms with Gasteiger partial charge in [0.15, 0.2) is 10.9 Å². The van der Waals surface area contributed by atoms with Crippen molar-refractivity contribution in [1.82, 2.24) is 9.88 Å². The van der Waals surface area contributed by atoms with Crippen LogP contribution in [0, 0.1) is 5.82 Å². The van der Waals surface area contributed by atoms with Gasteiger partial charge in [0.25, 0.3) is 5.91 Å². The number of amides is 1. The Morgan fingerprint density at radius 2 is 1.97 bits per heavy atom. The highest BCUT2D eigenvalue weighted by molar-refractivity contribution is 7.22. The van der Waals surface area contributed by atoms with Gasteiger partial charge >= 0.3 is 0 Å². The summed E-state index contributed by atoms with van der Waals surface area (Å²) in [6.07, 6.45) is 3.95. The molecule has 1 aromatic heterocycles. The van der Waals surface area contributed by atoms with Crippen molar-refractivity contribution in [3.63, 3.8) is 0 Å². The highest BCUT2D eigenvalue weighted by Crippen LogP contribution is 2.43. The molecule has 3 heterocycles. The normalized spacial score (nSPS) is 19.3. The minimum absolute atomic E-state index is 0.0417. The number of halogens is 2. The summed E-state index contributed by atoms with van der Waals surface area (Å²) in [7, 11) is 0. The molecule has 1 fully saturated rings. The van der Waals surface area contributed by atoms with Crippen LogP contribution in [0.1, 0.15) is 36.0 Å². The number of nitrogen functional groups attached to an aromatic ring is 1. The molecule has 0 spiro atoms. The summed E-state index contributed by atoms with van der Waals surface area (Å²) < 4.78 is 20.6. The van der Waals surface area contributed by atoms with Crippen LogP contribution in [-0.2, 0) is 0 Å². The average Bonchev–Trinajstić information content (AvgIpc) is 3.11. The number of benzene rings is 2. The molecule has 1 amide bonds. The Labute approximate surface area is 176 Å². The van der Waals surface area contributed by atoms with Crippen LogP contribution in [0.2, 0.25) is 5.02 Å². The molecule has 2 N–H and O–H groups in total. The fraction of sp³-hybridized carbons (Fsp3) is 0.333. The van der Waals surface area contributed by atoms with Crippen molar-refractivity contribution < 1.29 is 13.9 Å². The lowest BCUT2D eigenvalue weighted by Gasteiger charge is -2.37. The van der Waals surface area contributed by atoms with E-state index >= 15 is 0 Å². The van der Waals surface area contributed by atoms with Crippen molar-refractivity contribution in [2.45, 2.75) is 31.7 Å². The van der Waals surface area contributed by atoms with Gasteiger partial charge in [-0.1, -0.05) is 29.0 Å². The summed E-state index contributed by atoms with van der Waals surface area (Å²) >= 11 is 7.83. The maximum Gasteiger partial charge on any atom is 0.257 e. The number of piperidine rings is 1. The number of carbonyl (C=O) groups excluding carboxylic acids is 1. The van der Waals surface area contributed by atoms with Crippen molar-refractivity contribution in [3.05, 3.63) is 40.7 Å². The fourth-order valence-corrected chi connectivity index (χ4v) is 5.39. The Morgan fingerprint density at radius 3 is 2.83 bits per heavy atom. The first-order valence-corrected chi connectivity index (χ1v) is 10.8. The molecule has 0 bridgehead atoms. The van der Waals surface area contributed by atoms with Gasteiger partial charge in [-0.05, 0) is 37.5 Å². The number of carbonyl (C=O) groups is 1. The van der Waals surface area contributed by atoms with Gasteiger partial charge in [0.05, 0.1) is 27.4 Å². The fourth-order valence-electron chi connectivity index (χ4n) is 4.30. The lowest BCUT2D eigenvalue weighted by molar-refractivity contribution is 0.0549. The monoisotopic (exact) mass is 431 g/mol. The molecule has 5 nitrogen and oxygen atoms in total. The van der Waals surface area contributed by atoms with Gasteiger partial charge in [-0.25, -0.2) is 9.37 Å². The molecule has 2 aliphatic rings. The maximum absolute atomic E-state index is 14.2. The smallest absolute Gasteiger partial charge is 0.257 e.